The number of benzene rings is 2. The van der Waals surface area contributed by atoms with Gasteiger partial charge in [0.2, 0.25) is 5.91 Å². The molecular weight excluding hydrogens is 538 g/mol. The number of carbonyl (C=O) groups is 2. The summed E-state index contributed by atoms with van der Waals surface area (Å²) in [6.45, 7) is 8.42. The number of likely N-dealkylation sites (tertiary alicyclic amines) is 1. The van der Waals surface area contributed by atoms with Crippen LogP contribution >= 0.6 is 0 Å². The second-order valence-electron chi connectivity index (χ2n) is 12.7. The Bertz CT molecular complexity index is 1230. The van der Waals surface area contributed by atoms with Crippen molar-refractivity contribution in [2.75, 3.05) is 18.8 Å². The number of β-amino-alcohol motifs (C(OH)–C–C–N with tert-alkyl or cyclic N) is 1. The first-order valence-corrected chi connectivity index (χ1v) is 16.0. The van der Waals surface area contributed by atoms with Crippen molar-refractivity contribution in [1.29, 1.82) is 0 Å². The maximum absolute atomic E-state index is 13.5. The van der Waals surface area contributed by atoms with Crippen LogP contribution in [-0.4, -0.2) is 73.7 Å². The quantitative estimate of drug-likeness (QED) is 0.357. The van der Waals surface area contributed by atoms with E-state index in [0.717, 1.165) is 19.3 Å². The molecule has 6 atom stereocenters. The van der Waals surface area contributed by atoms with Gasteiger partial charge in [-0.25, -0.2) is 0 Å². The molecule has 1 aliphatic carbocycles. The number of hydrogen-bond acceptors (Lipinski definition) is 6. The van der Waals surface area contributed by atoms with Gasteiger partial charge in [0, 0.05) is 34.7 Å². The molecular formula is C32H45N3O5S. The second kappa shape index (κ2) is 13.5. The number of hydrogen-bond donors (Lipinski definition) is 4. The predicted molar refractivity (Wildman–Crippen MR) is 161 cm³/mol. The molecule has 2 aromatic rings. The lowest BCUT2D eigenvalue weighted by Crippen LogP contribution is -2.60. The van der Waals surface area contributed by atoms with E-state index in [0.29, 0.717) is 28.8 Å². The van der Waals surface area contributed by atoms with E-state index in [1.165, 1.54) is 18.9 Å². The van der Waals surface area contributed by atoms with Gasteiger partial charge >= 0.3 is 0 Å². The van der Waals surface area contributed by atoms with Crippen molar-refractivity contribution in [3.63, 3.8) is 0 Å². The normalized spacial score (nSPS) is 23.6. The number of nitrogens with zero attached hydrogens (tertiary/aromatic N) is 1. The van der Waals surface area contributed by atoms with Gasteiger partial charge in [0.1, 0.15) is 5.75 Å². The van der Waals surface area contributed by atoms with Crippen LogP contribution in [0.1, 0.15) is 68.8 Å². The molecule has 4 N–H and O–H groups in total. The number of carbonyl (C=O) groups excluding carboxylic acids is 2. The molecule has 0 aromatic heterocycles. The monoisotopic (exact) mass is 583 g/mol. The Kier molecular flexibility index (Phi) is 10.3. The lowest BCUT2D eigenvalue weighted by atomic mass is 9.72. The summed E-state index contributed by atoms with van der Waals surface area (Å²) in [4.78, 5) is 29.5. The van der Waals surface area contributed by atoms with E-state index < -0.39 is 28.9 Å². The van der Waals surface area contributed by atoms with Crippen LogP contribution in [0.3, 0.4) is 0 Å². The molecule has 1 aliphatic heterocycles. The molecule has 0 spiro atoms. The third-order valence-electron chi connectivity index (χ3n) is 8.39. The second-order valence-corrected chi connectivity index (χ2v) is 14.2. The fourth-order valence-corrected chi connectivity index (χ4v) is 7.48. The number of aromatic hydroxyl groups is 1. The summed E-state index contributed by atoms with van der Waals surface area (Å²) >= 11 is 0. The fourth-order valence-electron chi connectivity index (χ4n) is 6.19. The molecule has 224 valence electrons. The number of aliphatic hydroxyl groups excluding tert-OH is 1. The van der Waals surface area contributed by atoms with Gasteiger partial charge in [0.05, 0.1) is 34.7 Å². The van der Waals surface area contributed by atoms with Crippen molar-refractivity contribution in [2.45, 2.75) is 88.4 Å². The standard InChI is InChI=1S/C32H45N3O5S/c1-21-25(15-10-16-28(21)36)30(38)33-26(20-41(40)24-13-6-5-7-14-24)29(37)19-35-18-23-12-9-8-11-22(23)17-27(35)31(39)34-32(2,3)4/h5-7,10,13-16,22-23,26-27,29,36-37H,8-9,11-12,17-20H2,1-4H3,(H,33,38)(H,34,39). The van der Waals surface area contributed by atoms with Crippen LogP contribution in [0.15, 0.2) is 53.4 Å². The number of fused-ring (bicyclic) bond motifs is 1. The summed E-state index contributed by atoms with van der Waals surface area (Å²) < 4.78 is 13.3. The topological polar surface area (TPSA) is 119 Å². The number of aliphatic hydroxyl groups is 1. The Hall–Kier alpha value is -2.75. The van der Waals surface area contributed by atoms with Crippen LogP contribution in [0.2, 0.25) is 0 Å². The number of phenolic OH excluding ortho intramolecular Hbond substituents is 1. The Morgan fingerprint density at radius 3 is 2.41 bits per heavy atom. The molecule has 1 heterocycles. The number of rotatable bonds is 9. The molecule has 2 aromatic carbocycles. The van der Waals surface area contributed by atoms with Gasteiger partial charge in [-0.1, -0.05) is 43.5 Å². The predicted octanol–water partition coefficient (Wildman–Crippen LogP) is 3.76. The smallest absolute Gasteiger partial charge is 0.252 e. The molecule has 4 rings (SSSR count). The van der Waals surface area contributed by atoms with Gasteiger partial charge in [-0.15, -0.1) is 0 Å². The van der Waals surface area contributed by atoms with Gasteiger partial charge in [-0.3, -0.25) is 18.7 Å². The summed E-state index contributed by atoms with van der Waals surface area (Å²) in [5.41, 5.74) is 0.339. The minimum Gasteiger partial charge on any atom is -0.508 e. The zero-order chi connectivity index (χ0) is 29.7. The Balaban J connectivity index is 1.57. The maximum atomic E-state index is 13.5. The van der Waals surface area contributed by atoms with Crippen molar-refractivity contribution in [2.24, 2.45) is 11.8 Å². The Labute approximate surface area is 246 Å². The average molecular weight is 584 g/mol. The summed E-state index contributed by atoms with van der Waals surface area (Å²) in [6.07, 6.45) is 4.27. The van der Waals surface area contributed by atoms with Gasteiger partial charge in [0.15, 0.2) is 0 Å². The van der Waals surface area contributed by atoms with E-state index in [1.807, 2.05) is 26.8 Å². The van der Waals surface area contributed by atoms with Crippen molar-refractivity contribution in [3.05, 3.63) is 59.7 Å². The molecule has 9 heteroatoms. The van der Waals surface area contributed by atoms with Gasteiger partial charge in [-0.2, -0.15) is 0 Å². The van der Waals surface area contributed by atoms with Crippen molar-refractivity contribution in [1.82, 2.24) is 15.5 Å². The Morgan fingerprint density at radius 1 is 1.05 bits per heavy atom. The number of amides is 2. The first-order chi connectivity index (χ1) is 19.4. The third-order valence-corrected chi connectivity index (χ3v) is 9.85. The zero-order valence-electron chi connectivity index (χ0n) is 24.6. The van der Waals surface area contributed by atoms with E-state index in [9.17, 15) is 24.0 Å². The summed E-state index contributed by atoms with van der Waals surface area (Å²) in [5.74, 6) is 0.468. The van der Waals surface area contributed by atoms with Crippen molar-refractivity contribution in [3.8, 4) is 5.75 Å². The van der Waals surface area contributed by atoms with Gasteiger partial charge in [-0.05, 0) is 76.6 Å². The lowest BCUT2D eigenvalue weighted by molar-refractivity contribution is -0.132. The lowest BCUT2D eigenvalue weighted by Gasteiger charge is -2.47. The molecule has 2 amide bonds. The highest BCUT2D eigenvalue weighted by Gasteiger charge is 2.42. The largest absolute Gasteiger partial charge is 0.508 e. The first kappa shape index (κ1) is 31.2. The maximum Gasteiger partial charge on any atom is 0.252 e. The molecule has 1 saturated heterocycles. The molecule has 0 radical (unpaired) electrons. The molecule has 2 aliphatic rings. The molecule has 0 bridgehead atoms. The minimum absolute atomic E-state index is 0.00525. The average Bonchev–Trinajstić information content (AvgIpc) is 2.93. The Morgan fingerprint density at radius 2 is 1.73 bits per heavy atom. The molecule has 41 heavy (non-hydrogen) atoms. The summed E-state index contributed by atoms with van der Waals surface area (Å²) in [6, 6.07) is 12.5. The first-order valence-electron chi connectivity index (χ1n) is 14.7. The SMILES string of the molecule is Cc1c(O)cccc1C(=O)NC(CS(=O)c1ccccc1)C(O)CN1CC2CCCCC2CC1C(=O)NC(C)(C)C. The van der Waals surface area contributed by atoms with E-state index in [1.54, 1.807) is 43.3 Å². The van der Waals surface area contributed by atoms with Crippen LogP contribution in [0.25, 0.3) is 0 Å². The molecule has 2 fully saturated rings. The highest BCUT2D eigenvalue weighted by atomic mass is 32.2. The van der Waals surface area contributed by atoms with Crippen LogP contribution in [0, 0.1) is 18.8 Å². The van der Waals surface area contributed by atoms with E-state index in [-0.39, 0.29) is 41.1 Å². The minimum atomic E-state index is -1.48. The van der Waals surface area contributed by atoms with Crippen molar-refractivity contribution >= 4 is 22.6 Å². The van der Waals surface area contributed by atoms with Crippen LogP contribution in [0.5, 0.6) is 5.75 Å². The number of piperidine rings is 1. The van der Waals surface area contributed by atoms with Gasteiger partial charge in [0.25, 0.3) is 5.91 Å². The number of nitrogens with one attached hydrogen (secondary N) is 2. The zero-order valence-corrected chi connectivity index (χ0v) is 25.5. The third kappa shape index (κ3) is 8.17. The van der Waals surface area contributed by atoms with Gasteiger partial charge < -0.3 is 20.8 Å². The summed E-state index contributed by atoms with van der Waals surface area (Å²) in [7, 11) is -1.48. The van der Waals surface area contributed by atoms with E-state index in [2.05, 4.69) is 15.5 Å². The van der Waals surface area contributed by atoms with Crippen molar-refractivity contribution < 1.29 is 24.0 Å². The highest BCUT2D eigenvalue weighted by molar-refractivity contribution is 7.85. The van der Waals surface area contributed by atoms with Crippen LogP contribution < -0.4 is 10.6 Å². The van der Waals surface area contributed by atoms with E-state index >= 15 is 0 Å². The molecule has 8 nitrogen and oxygen atoms in total. The molecule has 6 unspecified atom stereocenters. The van der Waals surface area contributed by atoms with Crippen LogP contribution in [-0.2, 0) is 15.6 Å². The molecule has 1 saturated carbocycles. The fraction of sp³-hybridized carbons (Fsp3) is 0.562. The highest BCUT2D eigenvalue weighted by Crippen LogP contribution is 2.39. The number of phenols is 1. The van der Waals surface area contributed by atoms with E-state index in [4.69, 9.17) is 0 Å². The van der Waals surface area contributed by atoms with Crippen LogP contribution in [0.4, 0.5) is 0 Å². The summed E-state index contributed by atoms with van der Waals surface area (Å²) in [5, 5.41) is 27.8.